The van der Waals surface area contributed by atoms with E-state index in [-0.39, 0.29) is 18.7 Å². The number of hydrogen-bond acceptors (Lipinski definition) is 6. The van der Waals surface area contributed by atoms with Crippen LogP contribution in [-0.2, 0) is 0 Å². The summed E-state index contributed by atoms with van der Waals surface area (Å²) in [5.41, 5.74) is -1.71. The molecule has 0 saturated carbocycles. The normalized spacial score (nSPS) is 16.4. The van der Waals surface area contributed by atoms with E-state index in [2.05, 4.69) is 11.0 Å². The van der Waals surface area contributed by atoms with Gasteiger partial charge in [0.25, 0.3) is 0 Å². The highest BCUT2D eigenvalue weighted by atomic mass is 16.4. The van der Waals surface area contributed by atoms with Gasteiger partial charge in [-0.3, -0.25) is 0 Å². The smallest absolute Gasteiger partial charge is 0.335 e. The number of hydrogen-bond donors (Lipinski definition) is 4. The summed E-state index contributed by atoms with van der Waals surface area (Å²) in [6.07, 6.45) is 10.5. The zero-order valence-corrected chi connectivity index (χ0v) is 14.2. The predicted molar refractivity (Wildman–Crippen MR) is 96.9 cm³/mol. The van der Waals surface area contributed by atoms with Crippen molar-refractivity contribution in [2.24, 2.45) is 0 Å². The van der Waals surface area contributed by atoms with Gasteiger partial charge in [-0.05, 0) is 13.0 Å². The topological polar surface area (TPSA) is 111 Å². The fraction of sp³-hybridized carbons (Fsp3) is 0.316. The molecule has 0 aliphatic rings. The molecule has 0 saturated heterocycles. The molecule has 0 aliphatic heterocycles. The first-order valence-electron chi connectivity index (χ1n) is 7.70. The lowest BCUT2D eigenvalue weighted by molar-refractivity contribution is -0.0434. The van der Waals surface area contributed by atoms with Crippen molar-refractivity contribution in [1.82, 2.24) is 0 Å². The molecule has 1 rings (SSSR count). The fourth-order valence-corrected chi connectivity index (χ4v) is 1.47. The maximum atomic E-state index is 10.1. The molecule has 0 bridgehead atoms. The molecule has 0 fully saturated rings. The van der Waals surface area contributed by atoms with Crippen LogP contribution in [0.2, 0.25) is 0 Å². The van der Waals surface area contributed by atoms with E-state index >= 15 is 0 Å². The molecule has 0 radical (unpaired) electrons. The van der Waals surface area contributed by atoms with E-state index in [9.17, 15) is 20.1 Å². The minimum atomic E-state index is -1.41. The Bertz CT molecular complexity index is 595. The van der Waals surface area contributed by atoms with Crippen molar-refractivity contribution in [3.8, 4) is 0 Å². The van der Waals surface area contributed by atoms with Gasteiger partial charge in [0.2, 0.25) is 0 Å². The summed E-state index contributed by atoms with van der Waals surface area (Å²) in [6.45, 7) is 4.83. The van der Waals surface area contributed by atoms with Gasteiger partial charge < -0.3 is 24.8 Å². The van der Waals surface area contributed by atoms with Gasteiger partial charge in [0.15, 0.2) is 0 Å². The van der Waals surface area contributed by atoms with E-state index in [1.54, 1.807) is 42.5 Å². The van der Waals surface area contributed by atoms with E-state index < -0.39 is 17.8 Å². The third kappa shape index (κ3) is 11.9. The van der Waals surface area contributed by atoms with E-state index in [0.29, 0.717) is 0 Å². The van der Waals surface area contributed by atoms with Crippen LogP contribution in [0.1, 0.15) is 13.3 Å². The Morgan fingerprint density at radius 2 is 1.92 bits per heavy atom. The Morgan fingerprint density at radius 1 is 1.24 bits per heavy atom. The largest absolute Gasteiger partial charge is 0.431 e. The molecule has 138 valence electrons. The van der Waals surface area contributed by atoms with Crippen LogP contribution in [0.4, 0.5) is 0 Å². The van der Waals surface area contributed by atoms with Gasteiger partial charge in [-0.25, -0.2) is 4.79 Å². The molecule has 3 atom stereocenters. The lowest BCUT2D eigenvalue weighted by Gasteiger charge is -2.26. The fourth-order valence-electron chi connectivity index (χ4n) is 1.47. The average molecular weight is 350 g/mol. The number of allylic oxidation sites excluding steroid dienone is 4. The first kappa shape index (κ1) is 22.8. The number of aliphatic hydroxyl groups excluding tert-OH is 3. The van der Waals surface area contributed by atoms with Crippen LogP contribution in [0.15, 0.2) is 82.8 Å². The van der Waals surface area contributed by atoms with Crippen LogP contribution < -0.4 is 5.63 Å². The van der Waals surface area contributed by atoms with Crippen LogP contribution in [0.3, 0.4) is 0 Å². The maximum absolute atomic E-state index is 10.1. The van der Waals surface area contributed by atoms with Crippen molar-refractivity contribution in [2.45, 2.75) is 31.2 Å². The molecule has 0 aromatic carbocycles. The minimum absolute atomic E-state index is 0.0144. The monoisotopic (exact) mass is 350 g/mol. The van der Waals surface area contributed by atoms with Crippen molar-refractivity contribution in [3.05, 3.63) is 84.0 Å². The second-order valence-electron chi connectivity index (χ2n) is 5.25. The van der Waals surface area contributed by atoms with E-state index in [4.69, 9.17) is 5.11 Å². The second kappa shape index (κ2) is 13.1. The summed E-state index contributed by atoms with van der Waals surface area (Å²) in [7, 11) is 0. The van der Waals surface area contributed by atoms with E-state index in [1.165, 1.54) is 31.4 Å². The van der Waals surface area contributed by atoms with Gasteiger partial charge in [-0.15, -0.1) is 6.58 Å². The third-order valence-corrected chi connectivity index (χ3v) is 3.07. The lowest BCUT2D eigenvalue weighted by atomic mass is 9.94. The van der Waals surface area contributed by atoms with Gasteiger partial charge in [0.05, 0.1) is 25.1 Å². The minimum Gasteiger partial charge on any atom is -0.431 e. The van der Waals surface area contributed by atoms with Gasteiger partial charge in [-0.1, -0.05) is 48.6 Å². The average Bonchev–Trinajstić information content (AvgIpc) is 2.59. The molecule has 0 aliphatic carbocycles. The summed E-state index contributed by atoms with van der Waals surface area (Å²) in [5.74, 6) is 0. The van der Waals surface area contributed by atoms with Crippen molar-refractivity contribution in [3.63, 3.8) is 0 Å². The molecule has 1 aromatic rings. The predicted octanol–water partition coefficient (Wildman–Crippen LogP) is 1.34. The Hall–Kier alpha value is -2.25. The quantitative estimate of drug-likeness (QED) is 0.416. The summed E-state index contributed by atoms with van der Waals surface area (Å²) in [4.78, 5) is 10.1. The number of rotatable bonds is 8. The van der Waals surface area contributed by atoms with Crippen LogP contribution in [-0.4, -0.2) is 44.8 Å². The Balaban J connectivity index is 0.000000676. The first-order chi connectivity index (χ1) is 11.8. The van der Waals surface area contributed by atoms with E-state index in [1.807, 2.05) is 0 Å². The van der Waals surface area contributed by atoms with Crippen LogP contribution in [0.5, 0.6) is 0 Å². The molecule has 25 heavy (non-hydrogen) atoms. The van der Waals surface area contributed by atoms with Gasteiger partial charge in [-0.2, -0.15) is 0 Å². The summed E-state index contributed by atoms with van der Waals surface area (Å²) in [6, 6.07) is 4.65. The molecular weight excluding hydrogens is 324 g/mol. The van der Waals surface area contributed by atoms with Gasteiger partial charge in [0, 0.05) is 12.5 Å². The molecule has 1 heterocycles. The lowest BCUT2D eigenvalue weighted by Crippen LogP contribution is -2.39. The van der Waals surface area contributed by atoms with E-state index in [0.717, 1.165) is 0 Å². The summed E-state index contributed by atoms with van der Waals surface area (Å²) >= 11 is 0. The molecule has 0 amide bonds. The zero-order chi connectivity index (χ0) is 19.1. The Morgan fingerprint density at radius 3 is 2.40 bits per heavy atom. The molecule has 6 nitrogen and oxygen atoms in total. The Kier molecular flexibility index (Phi) is 11.9. The Labute approximate surface area is 147 Å². The SMILES string of the molecule is C=CC(C)(O)C(O)CC(O)C=CC=CC=CCO.O=c1cccco1. The molecule has 3 unspecified atom stereocenters. The van der Waals surface area contributed by atoms with Crippen LogP contribution in [0, 0.1) is 0 Å². The van der Waals surface area contributed by atoms with Crippen molar-refractivity contribution in [2.75, 3.05) is 6.61 Å². The van der Waals surface area contributed by atoms with Crippen LogP contribution in [0.25, 0.3) is 0 Å². The molecule has 4 N–H and O–H groups in total. The van der Waals surface area contributed by atoms with Gasteiger partial charge >= 0.3 is 5.63 Å². The highest BCUT2D eigenvalue weighted by Crippen LogP contribution is 2.16. The van der Waals surface area contributed by atoms with Crippen molar-refractivity contribution in [1.29, 1.82) is 0 Å². The highest BCUT2D eigenvalue weighted by molar-refractivity contribution is 5.12. The van der Waals surface area contributed by atoms with Gasteiger partial charge in [0.1, 0.15) is 5.60 Å². The van der Waals surface area contributed by atoms with Crippen LogP contribution >= 0.6 is 0 Å². The molecule has 1 aromatic heterocycles. The second-order valence-corrected chi connectivity index (χ2v) is 5.25. The molecule has 0 spiro atoms. The standard InChI is InChI=1S/C14H22O4.C5H4O2/c1-3-14(2,18)13(17)11-12(16)9-7-5-4-6-8-10-15;6-5-3-1-2-4-7-5/h3-9,12-13,15-18H,1,10-11H2,2H3;1-4H. The maximum Gasteiger partial charge on any atom is 0.335 e. The van der Waals surface area contributed by atoms with Crippen molar-refractivity contribution >= 4 is 0 Å². The number of aliphatic hydroxyl groups is 4. The third-order valence-electron chi connectivity index (χ3n) is 3.07. The van der Waals surface area contributed by atoms with Crippen molar-refractivity contribution < 1.29 is 24.8 Å². The summed E-state index contributed by atoms with van der Waals surface area (Å²) < 4.78 is 4.37. The highest BCUT2D eigenvalue weighted by Gasteiger charge is 2.27. The molecule has 6 heteroatoms. The zero-order valence-electron chi connectivity index (χ0n) is 14.2. The first-order valence-corrected chi connectivity index (χ1v) is 7.70. The molecular formula is C19H26O6. The summed E-state index contributed by atoms with van der Waals surface area (Å²) in [5, 5.41) is 37.4.